The monoisotopic (exact) mass is 2130 g/mol. The molecule has 131 heavy (non-hydrogen) atoms. The molecule has 646 valence electrons. The molecular weight excluding hydrogens is 2050 g/mol. The Morgan fingerprint density at radius 3 is 0.634 bits per heavy atom. The van der Waals surface area contributed by atoms with Crippen LogP contribution in [-0.2, 0) is 30.1 Å². The van der Waals surface area contributed by atoms with Crippen LogP contribution >= 0.6 is 79.5 Å². The number of hydrogen-bond donors (Lipinski definition) is 1. The van der Waals surface area contributed by atoms with E-state index in [0.29, 0.717) is 5.56 Å². The second kappa shape index (κ2) is 59.7. The zero-order valence-corrected chi connectivity index (χ0v) is 87.8. The topological polar surface area (TPSA) is 133 Å². The van der Waals surface area contributed by atoms with E-state index < -0.39 is 64.5 Å². The number of hydrogen-bond acceptors (Lipinski definition) is 7. The van der Waals surface area contributed by atoms with E-state index in [1.54, 1.807) is 18.2 Å². The molecule has 18 aromatic rings. The van der Waals surface area contributed by atoms with Gasteiger partial charge in [-0.25, -0.2) is 5.26 Å². The molecule has 1 N–H and O–H groups in total. The number of nitro groups is 2. The Bertz CT molecular complexity index is 5490. The molecule has 0 spiro atoms. The van der Waals surface area contributed by atoms with E-state index in [9.17, 15) is 29.0 Å². The summed E-state index contributed by atoms with van der Waals surface area (Å²) in [6, 6.07) is 169. The van der Waals surface area contributed by atoms with Crippen LogP contribution in [0.3, 0.4) is 0 Å². The average Bonchev–Trinajstić information content (AvgIpc) is 0.783. The van der Waals surface area contributed by atoms with Gasteiger partial charge in [-0.3, -0.25) is 20.2 Å². The minimum atomic E-state index is -0.836. The van der Waals surface area contributed by atoms with Gasteiger partial charge in [0.2, 0.25) is 11.6 Å². The van der Waals surface area contributed by atoms with Gasteiger partial charge in [0.15, 0.2) is 0 Å². The average molecular weight is 2130 g/mol. The van der Waals surface area contributed by atoms with Crippen LogP contribution in [0, 0.1) is 38.8 Å². The van der Waals surface area contributed by atoms with Gasteiger partial charge in [-0.1, -0.05) is 499 Å². The first kappa shape index (κ1) is 107. The largest absolute Gasteiger partial charge is 0.509 e. The Kier molecular flexibility index (Phi) is 49.0. The van der Waals surface area contributed by atoms with Gasteiger partial charge in [0, 0.05) is 150 Å². The number of carbonyl (C=O) groups excluding carboxylic acids is 1. The summed E-state index contributed by atoms with van der Waals surface area (Å²) in [5.74, 6) is -1.66. The van der Waals surface area contributed by atoms with Gasteiger partial charge in [0.25, 0.3) is 0 Å². The van der Waals surface area contributed by atoms with E-state index in [1.165, 1.54) is 105 Å². The van der Waals surface area contributed by atoms with Crippen LogP contribution < -0.4 is 63.7 Å². The number of rotatable bonds is 18. The van der Waals surface area contributed by atoms with Crippen molar-refractivity contribution in [2.75, 3.05) is 0 Å². The number of halogens is 5. The van der Waals surface area contributed by atoms with Gasteiger partial charge in [-0.15, -0.1) is 0 Å². The molecule has 0 atom stereocenters. The summed E-state index contributed by atoms with van der Waals surface area (Å²) >= 11 is 9.90. The molecule has 18 aromatic carbocycles. The zero-order chi connectivity index (χ0) is 89.9. The molecule has 0 aliphatic carbocycles. The fourth-order valence-corrected chi connectivity index (χ4v) is 24.0. The first-order chi connectivity index (χ1) is 62.7. The predicted octanol–water partition coefficient (Wildman–Crippen LogP) is 25.3. The summed E-state index contributed by atoms with van der Waals surface area (Å²) in [4.78, 5) is 30.9. The Morgan fingerprint density at radius 2 is 0.420 bits per heavy atom. The van der Waals surface area contributed by atoms with E-state index in [4.69, 9.17) is 10.1 Å². The minimum Gasteiger partial charge on any atom is -0.509 e. The van der Waals surface area contributed by atoms with Crippen LogP contribution in [0.4, 0.5) is 20.2 Å². The molecule has 0 amide bonds. The third-order valence-corrected chi connectivity index (χ3v) is 31.0. The maximum absolute atomic E-state index is 14.6. The second-order valence-corrected chi connectivity index (χ2v) is 39.0. The first-order valence-corrected chi connectivity index (χ1v) is 48.1. The number of nitrogens with zero attached hydrogens (tertiary/aromatic N) is 2. The number of nitro benzene ring substituents is 2. The van der Waals surface area contributed by atoms with Crippen molar-refractivity contribution < 1.29 is 54.0 Å². The van der Waals surface area contributed by atoms with E-state index in [-0.39, 0.29) is 133 Å². The Hall–Kier alpha value is -8.85. The minimum absolute atomic E-state index is 0. The molecule has 18 rings (SSSR count). The second-order valence-electron chi connectivity index (χ2n) is 27.6. The number of aryl methyl sites for hydroxylation is 1. The SMILES string of the molecule is Cc1ccccc1-c1ccccc1Br.O=[C-]OO.O=[N+]([O-])c1cccc(-c2ccccc2-c2ccccc2Br)c1F.O=[N+]([O-])c1cccc(Br)c1F.[K].[K].[Pd].c1ccc(P(c2ccccc2)c2ccccc2)cc1.c1ccc(P(c2ccccc2)c2ccccc2)cc1.c1ccc(P(c2ccccc2)c2ccccc2)cc1.c1ccc(P(c2ccccc2)c2ccccc2)cc1. The standard InChI is InChI=1S/C18H11BrFNO2.4C18H15P.C13H11Br.C6H3BrFNO2.CHO3.2K.Pd/c19-16-10-4-3-8-14(16)12-6-1-2-7-13(12)15-9-5-11-17(18(15)20)21(22)23;4*1-4-10-16(11-5-1)19(17-12-6-2-7-13-17)18-14-8-3-9-15-18;1-10-6-2-3-7-11(10)12-8-4-5-9-13(12)14;7-4-2-1-3-5(6(4)8)9(10)11;2-1-4-3;;;/h1-11H;4*1-15H;2-9H,1H3;1-3H;3H;;;/q;;;;;;;-1;;;. The first-order valence-electron chi connectivity index (χ1n) is 40.4. The van der Waals surface area contributed by atoms with Crippen molar-refractivity contribution in [3.05, 3.63) is 548 Å². The molecule has 0 heterocycles. The van der Waals surface area contributed by atoms with Crippen LogP contribution in [-0.4, -0.2) is 124 Å². The third-order valence-electron chi connectivity index (χ3n) is 19.2. The van der Waals surface area contributed by atoms with Crippen LogP contribution in [0.15, 0.2) is 511 Å². The molecule has 21 heteroatoms. The van der Waals surface area contributed by atoms with Gasteiger partial charge in [-0.05, 0) is 176 Å². The van der Waals surface area contributed by atoms with Crippen LogP contribution in [0.5, 0.6) is 0 Å². The van der Waals surface area contributed by atoms with E-state index >= 15 is 0 Å². The Morgan fingerprint density at radius 1 is 0.252 bits per heavy atom. The maximum Gasteiger partial charge on any atom is 0.305 e. The fourth-order valence-electron chi connectivity index (χ4n) is 13.4. The van der Waals surface area contributed by atoms with Crippen LogP contribution in [0.1, 0.15) is 5.56 Å². The molecule has 0 unspecified atom stereocenters. The summed E-state index contributed by atoms with van der Waals surface area (Å²) in [5, 5.41) is 44.8. The van der Waals surface area contributed by atoms with Crippen molar-refractivity contribution in [3.8, 4) is 33.4 Å². The van der Waals surface area contributed by atoms with Gasteiger partial charge < -0.3 is 9.68 Å². The predicted molar refractivity (Wildman–Crippen MR) is 558 cm³/mol. The third kappa shape index (κ3) is 33.0. The molecule has 0 saturated heterocycles. The van der Waals surface area contributed by atoms with Gasteiger partial charge >= 0.3 is 11.4 Å². The Labute approximate surface area is 894 Å². The van der Waals surface area contributed by atoms with Gasteiger partial charge in [-0.2, -0.15) is 8.78 Å². The van der Waals surface area contributed by atoms with Crippen molar-refractivity contribution in [2.24, 2.45) is 0 Å². The molecule has 0 aliphatic heterocycles. The van der Waals surface area contributed by atoms with Gasteiger partial charge in [0.1, 0.15) is 0 Å². The van der Waals surface area contributed by atoms with Crippen molar-refractivity contribution in [2.45, 2.75) is 6.92 Å². The molecule has 0 aromatic heterocycles. The molecule has 0 aliphatic rings. The molecule has 0 fully saturated rings. The van der Waals surface area contributed by atoms with Crippen LogP contribution in [0.25, 0.3) is 33.4 Å². The van der Waals surface area contributed by atoms with Crippen molar-refractivity contribution in [1.82, 2.24) is 0 Å². The zero-order valence-electron chi connectivity index (χ0n) is 71.6. The smallest absolute Gasteiger partial charge is 0.305 e. The van der Waals surface area contributed by atoms with Crippen molar-refractivity contribution in [1.29, 1.82) is 0 Å². The summed E-state index contributed by atoms with van der Waals surface area (Å²) in [6.45, 7) is 2.87. The molecule has 0 saturated carbocycles. The Balaban J connectivity index is 0.000000188. The number of benzene rings is 18. The molecular formula is C110H86Br3F2K2N2O7P4Pd-. The van der Waals surface area contributed by atoms with E-state index in [0.717, 1.165) is 32.6 Å². The summed E-state index contributed by atoms with van der Waals surface area (Å²) < 4.78 is 29.4. The van der Waals surface area contributed by atoms with Gasteiger partial charge in [0.05, 0.1) is 14.3 Å². The summed E-state index contributed by atoms with van der Waals surface area (Å²) in [7, 11) is -1.78. The normalized spacial score (nSPS) is 10.0. The van der Waals surface area contributed by atoms with Crippen molar-refractivity contribution >= 4 is 264 Å². The van der Waals surface area contributed by atoms with Crippen LogP contribution in [0.2, 0.25) is 0 Å². The van der Waals surface area contributed by atoms with E-state index in [2.05, 4.69) is 466 Å². The van der Waals surface area contributed by atoms with E-state index in [1.807, 2.05) is 42.5 Å². The maximum atomic E-state index is 14.6. The fraction of sp³-hybridized carbons (Fsp3) is 0.00909. The summed E-state index contributed by atoms with van der Waals surface area (Å²) in [6.07, 6.45) is 0. The van der Waals surface area contributed by atoms with Crippen molar-refractivity contribution in [3.63, 3.8) is 0 Å². The quantitative estimate of drug-likeness (QED) is 0.0226. The molecule has 2 radical (unpaired) electrons. The summed E-state index contributed by atoms with van der Waals surface area (Å²) in [5.41, 5.74) is 5.34. The molecule has 9 nitrogen and oxygen atoms in total. The molecule has 0 bridgehead atoms.